The van der Waals surface area contributed by atoms with Gasteiger partial charge in [-0.25, -0.2) is 0 Å². The maximum absolute atomic E-state index is 12.9. The van der Waals surface area contributed by atoms with E-state index in [1.807, 2.05) is 0 Å². The molecule has 2 fully saturated rings. The normalized spacial score (nSPS) is 24.6. The van der Waals surface area contributed by atoms with Crippen molar-refractivity contribution in [3.8, 4) is 0 Å². The molecule has 0 radical (unpaired) electrons. The van der Waals surface area contributed by atoms with Crippen molar-refractivity contribution in [2.24, 2.45) is 5.92 Å². The van der Waals surface area contributed by atoms with Gasteiger partial charge in [-0.3, -0.25) is 4.90 Å². The van der Waals surface area contributed by atoms with E-state index in [4.69, 9.17) is 0 Å². The minimum Gasteiger partial charge on any atom is -0.304 e. The average molecular weight is 355 g/mol. The van der Waals surface area contributed by atoms with Gasteiger partial charge in [0.25, 0.3) is 0 Å². The zero-order valence-electron chi connectivity index (χ0n) is 14.9. The summed E-state index contributed by atoms with van der Waals surface area (Å²) in [6, 6.07) is 5.77. The number of alkyl halides is 3. The molecule has 6 heteroatoms. The van der Waals surface area contributed by atoms with Crippen molar-refractivity contribution in [2.45, 2.75) is 25.6 Å². The first-order chi connectivity index (χ1) is 11.9. The van der Waals surface area contributed by atoms with E-state index < -0.39 is 11.7 Å². The van der Waals surface area contributed by atoms with Crippen LogP contribution in [0.4, 0.5) is 13.2 Å². The summed E-state index contributed by atoms with van der Waals surface area (Å²) in [7, 11) is 2.16. The molecule has 3 rings (SSSR count). The number of hydrogen-bond donors (Lipinski definition) is 0. The first-order valence-electron chi connectivity index (χ1n) is 9.19. The number of rotatable bonds is 4. The molecule has 2 saturated heterocycles. The number of hydrogen-bond acceptors (Lipinski definition) is 3. The monoisotopic (exact) mass is 355 g/mol. The third-order valence-electron chi connectivity index (χ3n) is 5.38. The lowest BCUT2D eigenvalue weighted by atomic mass is 9.96. The first kappa shape index (κ1) is 18.7. The van der Waals surface area contributed by atoms with Crippen LogP contribution in [0.25, 0.3) is 0 Å². The first-order valence-corrected chi connectivity index (χ1v) is 9.19. The molecule has 140 valence electrons. The van der Waals surface area contributed by atoms with Gasteiger partial charge < -0.3 is 9.80 Å². The second-order valence-electron chi connectivity index (χ2n) is 7.55. The molecule has 1 aromatic carbocycles. The molecule has 0 N–H and O–H groups in total. The molecule has 2 aliphatic heterocycles. The Labute approximate surface area is 148 Å². The Morgan fingerprint density at radius 3 is 2.52 bits per heavy atom. The van der Waals surface area contributed by atoms with Crippen LogP contribution in [0.3, 0.4) is 0 Å². The Balaban J connectivity index is 1.53. The lowest BCUT2D eigenvalue weighted by molar-refractivity contribution is -0.137. The van der Waals surface area contributed by atoms with Crippen molar-refractivity contribution >= 4 is 0 Å². The van der Waals surface area contributed by atoms with Crippen LogP contribution in [-0.2, 0) is 12.7 Å². The zero-order chi connectivity index (χ0) is 17.9. The molecule has 25 heavy (non-hydrogen) atoms. The lowest BCUT2D eigenvalue weighted by Crippen LogP contribution is -2.48. The summed E-state index contributed by atoms with van der Waals surface area (Å²) >= 11 is 0. The Hall–Kier alpha value is -1.11. The fourth-order valence-electron chi connectivity index (χ4n) is 3.94. The summed E-state index contributed by atoms with van der Waals surface area (Å²) in [6.07, 6.45) is -1.90. The highest BCUT2D eigenvalue weighted by molar-refractivity contribution is 5.25. The molecule has 2 aliphatic rings. The van der Waals surface area contributed by atoms with Gasteiger partial charge in [0.1, 0.15) is 0 Å². The number of halogens is 3. The number of likely N-dealkylation sites (tertiary alicyclic amines) is 1. The number of piperazine rings is 1. The zero-order valence-corrected chi connectivity index (χ0v) is 14.9. The molecular formula is C19H28F3N3. The highest BCUT2D eigenvalue weighted by Gasteiger charge is 2.30. The van der Waals surface area contributed by atoms with Gasteiger partial charge in [0.2, 0.25) is 0 Å². The van der Waals surface area contributed by atoms with Gasteiger partial charge in [-0.05, 0) is 44.0 Å². The SMILES string of the molecule is CN1CCN(C[C@@H]2CCCN(Cc3cccc(C(F)(F)F)c3)C2)CC1. The van der Waals surface area contributed by atoms with Crippen LogP contribution in [0, 0.1) is 5.92 Å². The standard InChI is InChI=1S/C19H28F3N3/c1-23-8-10-24(11-9-23)14-17-5-3-7-25(15-17)13-16-4-2-6-18(12-16)19(20,21)22/h2,4,6,12,17H,3,5,7-11,13-15H2,1H3/t17-/m0/s1. The summed E-state index contributed by atoms with van der Waals surface area (Å²) in [4.78, 5) is 7.22. The van der Waals surface area contributed by atoms with E-state index in [9.17, 15) is 13.2 Å². The third-order valence-corrected chi connectivity index (χ3v) is 5.38. The predicted molar refractivity (Wildman–Crippen MR) is 93.4 cm³/mol. The minimum absolute atomic E-state index is 0.545. The molecule has 0 aliphatic carbocycles. The van der Waals surface area contributed by atoms with Crippen LogP contribution in [0.1, 0.15) is 24.0 Å². The highest BCUT2D eigenvalue weighted by Crippen LogP contribution is 2.30. The molecule has 2 heterocycles. The van der Waals surface area contributed by atoms with E-state index in [0.717, 1.165) is 63.9 Å². The predicted octanol–water partition coefficient (Wildman–Crippen LogP) is 3.16. The number of piperidine rings is 1. The van der Waals surface area contributed by atoms with Gasteiger partial charge in [-0.2, -0.15) is 13.2 Å². The fourth-order valence-corrected chi connectivity index (χ4v) is 3.94. The van der Waals surface area contributed by atoms with Crippen LogP contribution in [-0.4, -0.2) is 67.6 Å². The second-order valence-corrected chi connectivity index (χ2v) is 7.55. The maximum atomic E-state index is 12.9. The van der Waals surface area contributed by atoms with Crippen molar-refractivity contribution in [1.82, 2.24) is 14.7 Å². The molecule has 0 unspecified atom stereocenters. The average Bonchev–Trinajstić information content (AvgIpc) is 2.57. The maximum Gasteiger partial charge on any atom is 0.416 e. The molecule has 1 aromatic rings. The second kappa shape index (κ2) is 8.06. The minimum atomic E-state index is -4.26. The quantitative estimate of drug-likeness (QED) is 0.821. The summed E-state index contributed by atoms with van der Waals surface area (Å²) in [5.74, 6) is 0.628. The van der Waals surface area contributed by atoms with E-state index in [1.165, 1.54) is 18.6 Å². The van der Waals surface area contributed by atoms with Crippen molar-refractivity contribution in [3.63, 3.8) is 0 Å². The Kier molecular flexibility index (Phi) is 6.02. The topological polar surface area (TPSA) is 9.72 Å². The molecule has 0 aromatic heterocycles. The fraction of sp³-hybridized carbons (Fsp3) is 0.684. The Bertz CT molecular complexity index is 553. The van der Waals surface area contributed by atoms with E-state index in [1.54, 1.807) is 6.07 Å². The van der Waals surface area contributed by atoms with Crippen molar-refractivity contribution in [3.05, 3.63) is 35.4 Å². The van der Waals surface area contributed by atoms with E-state index in [0.29, 0.717) is 12.5 Å². The van der Waals surface area contributed by atoms with E-state index in [-0.39, 0.29) is 0 Å². The van der Waals surface area contributed by atoms with E-state index in [2.05, 4.69) is 21.7 Å². The molecule has 0 spiro atoms. The molecule has 0 bridgehead atoms. The van der Waals surface area contributed by atoms with Crippen LogP contribution < -0.4 is 0 Å². The van der Waals surface area contributed by atoms with Gasteiger partial charge in [0.15, 0.2) is 0 Å². The van der Waals surface area contributed by atoms with Crippen LogP contribution >= 0.6 is 0 Å². The van der Waals surface area contributed by atoms with Crippen LogP contribution in [0.5, 0.6) is 0 Å². The smallest absolute Gasteiger partial charge is 0.304 e. The molecule has 0 saturated carbocycles. The highest BCUT2D eigenvalue weighted by atomic mass is 19.4. The van der Waals surface area contributed by atoms with Gasteiger partial charge >= 0.3 is 6.18 Å². The van der Waals surface area contributed by atoms with Gasteiger partial charge in [-0.15, -0.1) is 0 Å². The van der Waals surface area contributed by atoms with Crippen molar-refractivity contribution in [2.75, 3.05) is 52.9 Å². The van der Waals surface area contributed by atoms with Crippen molar-refractivity contribution < 1.29 is 13.2 Å². The van der Waals surface area contributed by atoms with Gasteiger partial charge in [0, 0.05) is 45.8 Å². The third kappa shape index (κ3) is 5.43. The van der Waals surface area contributed by atoms with E-state index >= 15 is 0 Å². The lowest BCUT2D eigenvalue weighted by Gasteiger charge is -2.38. The van der Waals surface area contributed by atoms with Gasteiger partial charge in [-0.1, -0.05) is 18.2 Å². The Morgan fingerprint density at radius 2 is 1.80 bits per heavy atom. The number of likely N-dealkylation sites (N-methyl/N-ethyl adjacent to an activating group) is 1. The number of benzene rings is 1. The summed E-state index contributed by atoms with van der Waals surface area (Å²) < 4.78 is 38.6. The summed E-state index contributed by atoms with van der Waals surface area (Å²) in [5.41, 5.74) is 0.214. The molecule has 1 atom stereocenters. The summed E-state index contributed by atoms with van der Waals surface area (Å²) in [6.45, 7) is 8.21. The van der Waals surface area contributed by atoms with Crippen LogP contribution in [0.2, 0.25) is 0 Å². The van der Waals surface area contributed by atoms with Gasteiger partial charge in [0.05, 0.1) is 5.56 Å². The Morgan fingerprint density at radius 1 is 1.04 bits per heavy atom. The van der Waals surface area contributed by atoms with Crippen LogP contribution in [0.15, 0.2) is 24.3 Å². The van der Waals surface area contributed by atoms with Crippen molar-refractivity contribution in [1.29, 1.82) is 0 Å². The number of nitrogens with zero attached hydrogens (tertiary/aromatic N) is 3. The largest absolute Gasteiger partial charge is 0.416 e. The molecule has 3 nitrogen and oxygen atoms in total. The molecule has 0 amide bonds. The summed E-state index contributed by atoms with van der Waals surface area (Å²) in [5, 5.41) is 0. The molecular weight excluding hydrogens is 327 g/mol.